The number of hydrogen-bond donors (Lipinski definition) is 1. The minimum atomic E-state index is -0.768. The molecular weight excluding hydrogens is 420 g/mol. The first-order valence-corrected chi connectivity index (χ1v) is 13.0. The summed E-state index contributed by atoms with van der Waals surface area (Å²) in [5, 5.41) is 12.0. The monoisotopic (exact) mass is 466 g/mol. The van der Waals surface area contributed by atoms with Gasteiger partial charge in [0.1, 0.15) is 0 Å². The van der Waals surface area contributed by atoms with Gasteiger partial charge in [-0.3, -0.25) is 0 Å². The zero-order chi connectivity index (χ0) is 22.3. The molecule has 0 fully saturated rings. The molecule has 0 saturated carbocycles. The van der Waals surface area contributed by atoms with Crippen LogP contribution >= 0.6 is 0 Å². The summed E-state index contributed by atoms with van der Waals surface area (Å²) in [7, 11) is 0. The van der Waals surface area contributed by atoms with Crippen molar-refractivity contribution in [1.82, 2.24) is 0 Å². The number of carbonyl (C=O) groups is 1. The normalized spacial score (nSPS) is 10.9. The van der Waals surface area contributed by atoms with Gasteiger partial charge in [0.15, 0.2) is 0 Å². The second-order valence-corrected chi connectivity index (χ2v) is 9.16. The van der Waals surface area contributed by atoms with Gasteiger partial charge in [0.05, 0.1) is 5.56 Å². The van der Waals surface area contributed by atoms with Gasteiger partial charge in [-0.2, -0.15) is 0 Å². The number of fused-ring (bicyclic) bond motifs is 1. The Kier molecular flexibility index (Phi) is 16.4. The van der Waals surface area contributed by atoms with Crippen LogP contribution in [0.1, 0.15) is 125 Å². The molecule has 0 radical (unpaired) electrons. The summed E-state index contributed by atoms with van der Waals surface area (Å²) in [6, 6.07) is 10.3. The Morgan fingerprint density at radius 3 is 1.78 bits per heavy atom. The van der Waals surface area contributed by atoms with E-state index in [9.17, 15) is 9.90 Å². The van der Waals surface area contributed by atoms with E-state index in [1.807, 2.05) is 18.2 Å². The molecule has 2 aromatic rings. The summed E-state index contributed by atoms with van der Waals surface area (Å²) in [4.78, 5) is 12.3. The summed E-state index contributed by atoms with van der Waals surface area (Å²) in [6.07, 6.45) is 19.7. The van der Waals surface area contributed by atoms with E-state index in [1.165, 1.54) is 82.6 Å². The van der Waals surface area contributed by atoms with Crippen molar-refractivity contribution in [3.63, 3.8) is 0 Å². The maximum absolute atomic E-state index is 12.3. The van der Waals surface area contributed by atoms with E-state index < -0.39 is 5.97 Å². The van der Waals surface area contributed by atoms with Gasteiger partial charge in [0.2, 0.25) is 0 Å². The Morgan fingerprint density at radius 2 is 1.22 bits per heavy atom. The molecule has 32 heavy (non-hydrogen) atoms. The zero-order valence-corrected chi connectivity index (χ0v) is 20.1. The Balaban J connectivity index is 0.00000512. The van der Waals surface area contributed by atoms with Crippen LogP contribution in [-0.2, 0) is 12.8 Å². The third kappa shape index (κ3) is 10.1. The number of rotatable bonds is 17. The van der Waals surface area contributed by atoms with E-state index in [1.54, 1.807) is 0 Å². The van der Waals surface area contributed by atoms with Crippen LogP contribution in [0.4, 0.5) is 0 Å². The summed E-state index contributed by atoms with van der Waals surface area (Å²) in [6.45, 7) is 4.51. The van der Waals surface area contributed by atoms with Crippen molar-refractivity contribution in [3.8, 4) is 0 Å². The molecule has 2 aromatic carbocycles. The molecule has 0 heterocycles. The van der Waals surface area contributed by atoms with Gasteiger partial charge in [-0.25, -0.2) is 4.79 Å². The average Bonchev–Trinajstić information content (AvgIpc) is 2.77. The van der Waals surface area contributed by atoms with Gasteiger partial charge >= 0.3 is 43.7 Å². The molecule has 0 saturated heterocycles. The molecular formula is C29H46CaO2. The average molecular weight is 467 g/mol. The molecule has 0 aliphatic carbocycles. The summed E-state index contributed by atoms with van der Waals surface area (Å²) in [5.74, 6) is -0.768. The van der Waals surface area contributed by atoms with Crippen molar-refractivity contribution in [3.05, 3.63) is 47.0 Å². The molecule has 0 spiro atoms. The third-order valence-corrected chi connectivity index (χ3v) is 6.54. The maximum atomic E-state index is 12.3. The number of hydrogen-bond acceptors (Lipinski definition) is 1. The van der Waals surface area contributed by atoms with Crippen molar-refractivity contribution >= 4 is 54.5 Å². The van der Waals surface area contributed by atoms with Crippen LogP contribution in [0, 0.1) is 0 Å². The van der Waals surface area contributed by atoms with E-state index >= 15 is 0 Å². The minimum absolute atomic E-state index is 0. The van der Waals surface area contributed by atoms with E-state index in [4.69, 9.17) is 0 Å². The summed E-state index contributed by atoms with van der Waals surface area (Å²) < 4.78 is 0. The van der Waals surface area contributed by atoms with Gasteiger partial charge < -0.3 is 5.11 Å². The van der Waals surface area contributed by atoms with Crippen molar-refractivity contribution in [2.24, 2.45) is 0 Å². The number of carboxylic acids is 1. The van der Waals surface area contributed by atoms with Gasteiger partial charge in [-0.15, -0.1) is 0 Å². The first-order chi connectivity index (χ1) is 15.2. The molecule has 2 rings (SSSR count). The fraction of sp³-hybridized carbons (Fsp3) is 0.621. The fourth-order valence-corrected chi connectivity index (χ4v) is 4.73. The number of aromatic carboxylic acids is 1. The number of carboxylic acid groups (broad SMARTS) is 1. The van der Waals surface area contributed by atoms with Crippen LogP contribution in [0.15, 0.2) is 30.3 Å². The summed E-state index contributed by atoms with van der Waals surface area (Å²) >= 11 is 0. The molecule has 0 aliphatic rings. The van der Waals surface area contributed by atoms with Gasteiger partial charge in [-0.1, -0.05) is 121 Å². The Morgan fingerprint density at radius 1 is 0.719 bits per heavy atom. The molecule has 0 unspecified atom stereocenters. The van der Waals surface area contributed by atoms with Gasteiger partial charge in [0, 0.05) is 0 Å². The molecule has 0 aliphatic heterocycles. The molecule has 0 amide bonds. The van der Waals surface area contributed by atoms with Crippen LogP contribution in [-0.4, -0.2) is 48.8 Å². The standard InChI is InChI=1S/C29H44O2.Ca.2H/c1-3-5-7-9-11-13-15-19-24-23-25-20-17-18-22-27(25)28(29(30)31)26(24)21-16-14-12-10-8-6-4-2;;;/h17-18,20,22-23H,3-16,19,21H2,1-2H3,(H,30,31);;;. The molecule has 0 bridgehead atoms. The molecule has 0 atom stereocenters. The molecule has 3 heteroatoms. The van der Waals surface area contributed by atoms with Crippen LogP contribution in [0.2, 0.25) is 0 Å². The Labute approximate surface area is 226 Å². The summed E-state index contributed by atoms with van der Waals surface area (Å²) in [5.41, 5.74) is 2.93. The van der Waals surface area contributed by atoms with Crippen molar-refractivity contribution in [2.75, 3.05) is 0 Å². The zero-order valence-electron chi connectivity index (χ0n) is 20.1. The molecule has 2 nitrogen and oxygen atoms in total. The van der Waals surface area contributed by atoms with Crippen LogP contribution in [0.25, 0.3) is 10.8 Å². The van der Waals surface area contributed by atoms with Gasteiger partial charge in [-0.05, 0) is 47.6 Å². The number of benzene rings is 2. The van der Waals surface area contributed by atoms with E-state index in [2.05, 4.69) is 26.0 Å². The first kappa shape index (κ1) is 29.5. The Bertz CT molecular complexity index is 784. The first-order valence-electron chi connectivity index (χ1n) is 13.0. The Hall–Kier alpha value is -0.570. The quantitative estimate of drug-likeness (QED) is 0.188. The predicted octanol–water partition coefficient (Wildman–Crippen LogP) is 8.21. The van der Waals surface area contributed by atoms with Crippen LogP contribution in [0.3, 0.4) is 0 Å². The van der Waals surface area contributed by atoms with Crippen molar-refractivity contribution < 1.29 is 9.90 Å². The predicted molar refractivity (Wildman–Crippen MR) is 143 cm³/mol. The van der Waals surface area contributed by atoms with Gasteiger partial charge in [0.25, 0.3) is 0 Å². The number of unbranched alkanes of at least 4 members (excludes halogenated alkanes) is 12. The van der Waals surface area contributed by atoms with Crippen molar-refractivity contribution in [1.29, 1.82) is 0 Å². The van der Waals surface area contributed by atoms with E-state index in [-0.39, 0.29) is 37.7 Å². The molecule has 1 N–H and O–H groups in total. The van der Waals surface area contributed by atoms with E-state index in [0.29, 0.717) is 5.56 Å². The fourth-order valence-electron chi connectivity index (χ4n) is 4.73. The second-order valence-electron chi connectivity index (χ2n) is 9.16. The topological polar surface area (TPSA) is 37.3 Å². The third-order valence-electron chi connectivity index (χ3n) is 6.54. The second kappa shape index (κ2) is 17.8. The molecule has 0 aromatic heterocycles. The van der Waals surface area contributed by atoms with Crippen LogP contribution < -0.4 is 0 Å². The van der Waals surface area contributed by atoms with E-state index in [0.717, 1.165) is 42.0 Å². The molecule has 176 valence electrons. The van der Waals surface area contributed by atoms with Crippen molar-refractivity contribution in [2.45, 2.75) is 117 Å². The van der Waals surface area contributed by atoms with Crippen LogP contribution in [0.5, 0.6) is 0 Å². The number of aryl methyl sites for hydroxylation is 1. The SMILES string of the molecule is CCCCCCCCCc1cc2ccccc2c(C(=O)O)c1CCCCCCCCC.[CaH2].